The number of halogens is 3. The van der Waals surface area contributed by atoms with Gasteiger partial charge in [-0.15, -0.1) is 0 Å². The highest BCUT2D eigenvalue weighted by molar-refractivity contribution is 5.14. The van der Waals surface area contributed by atoms with Crippen molar-refractivity contribution in [3.8, 4) is 0 Å². The Labute approximate surface area is 138 Å². The van der Waals surface area contributed by atoms with Gasteiger partial charge in [-0.2, -0.15) is 13.2 Å². The minimum atomic E-state index is -4.08. The van der Waals surface area contributed by atoms with Gasteiger partial charge in [0.05, 0.1) is 6.10 Å². The molecule has 0 spiro atoms. The van der Waals surface area contributed by atoms with Crippen molar-refractivity contribution in [2.75, 3.05) is 0 Å². The molecular formula is C19H29F3O. The minimum Gasteiger partial charge on any atom is -0.365 e. The zero-order chi connectivity index (χ0) is 17.0. The smallest absolute Gasteiger partial charge is 0.365 e. The lowest BCUT2D eigenvalue weighted by Gasteiger charge is -2.02. The molecule has 0 aromatic heterocycles. The number of unbranched alkanes of at least 4 members (excludes halogenated alkanes) is 6. The molecule has 23 heavy (non-hydrogen) atoms. The van der Waals surface area contributed by atoms with E-state index in [1.807, 2.05) is 30.4 Å². The van der Waals surface area contributed by atoms with Gasteiger partial charge in [0, 0.05) is 6.42 Å². The van der Waals surface area contributed by atoms with Crippen molar-refractivity contribution in [1.82, 2.24) is 0 Å². The summed E-state index contributed by atoms with van der Waals surface area (Å²) in [5, 5.41) is 0. The Hall–Kier alpha value is -1.03. The molecule has 0 aromatic carbocycles. The molecule has 4 heteroatoms. The highest BCUT2D eigenvalue weighted by Crippen LogP contribution is 2.32. The zero-order valence-electron chi connectivity index (χ0n) is 14.0. The van der Waals surface area contributed by atoms with Gasteiger partial charge in [-0.3, -0.25) is 0 Å². The topological polar surface area (TPSA) is 12.5 Å². The summed E-state index contributed by atoms with van der Waals surface area (Å²) >= 11 is 0. The third kappa shape index (κ3) is 12.1. The molecule has 0 aliphatic carbocycles. The van der Waals surface area contributed by atoms with Crippen LogP contribution in [-0.2, 0) is 4.74 Å². The maximum absolute atomic E-state index is 12.0. The Kier molecular flexibility index (Phi) is 10.0. The molecule has 0 saturated carbocycles. The highest BCUT2D eigenvalue weighted by Gasteiger charge is 2.39. The largest absolute Gasteiger partial charge is 0.389 e. The second-order valence-corrected chi connectivity index (χ2v) is 6.05. The SMILES string of the molecule is CCCCCCCCC=CC=CC=C[C@@H]1O[C@H]1CCC(F)(F)F. The van der Waals surface area contributed by atoms with Crippen LogP contribution >= 0.6 is 0 Å². The van der Waals surface area contributed by atoms with Gasteiger partial charge in [-0.05, 0) is 19.3 Å². The first-order valence-corrected chi connectivity index (χ1v) is 8.75. The van der Waals surface area contributed by atoms with Crippen LogP contribution in [0.15, 0.2) is 36.5 Å². The molecule has 0 amide bonds. The fraction of sp³-hybridized carbons (Fsp3) is 0.684. The first-order chi connectivity index (χ1) is 11.0. The third-order valence-corrected chi connectivity index (χ3v) is 3.83. The summed E-state index contributed by atoms with van der Waals surface area (Å²) in [6.45, 7) is 2.22. The van der Waals surface area contributed by atoms with Gasteiger partial charge in [0.25, 0.3) is 0 Å². The van der Waals surface area contributed by atoms with E-state index in [-0.39, 0.29) is 18.6 Å². The predicted molar refractivity (Wildman–Crippen MR) is 89.4 cm³/mol. The maximum atomic E-state index is 12.0. The van der Waals surface area contributed by atoms with Crippen molar-refractivity contribution in [2.45, 2.75) is 83.1 Å². The lowest BCUT2D eigenvalue weighted by atomic mass is 10.1. The molecule has 1 rings (SSSR count). The average molecular weight is 330 g/mol. The third-order valence-electron chi connectivity index (χ3n) is 3.83. The maximum Gasteiger partial charge on any atom is 0.389 e. The highest BCUT2D eigenvalue weighted by atomic mass is 19.4. The second-order valence-electron chi connectivity index (χ2n) is 6.05. The standard InChI is InChI=1S/C19H29F3O/c1-2-3-4-5-6-7-8-9-10-11-12-13-14-17-18(23-17)15-16-19(20,21)22/h9-14,17-18H,2-8,15-16H2,1H3/t17-,18-/m0/s1. The fourth-order valence-corrected chi connectivity index (χ4v) is 2.38. The predicted octanol–water partition coefficient (Wildman–Crippen LogP) is 6.52. The monoisotopic (exact) mass is 330 g/mol. The van der Waals surface area contributed by atoms with Crippen LogP contribution in [0.1, 0.15) is 64.7 Å². The Balaban J connectivity index is 1.97. The summed E-state index contributed by atoms with van der Waals surface area (Å²) in [4.78, 5) is 0. The molecule has 1 aliphatic heterocycles. The molecule has 0 unspecified atom stereocenters. The van der Waals surface area contributed by atoms with Crippen molar-refractivity contribution in [1.29, 1.82) is 0 Å². The normalized spacial score (nSPS) is 21.9. The van der Waals surface area contributed by atoms with E-state index in [0.717, 1.165) is 6.42 Å². The van der Waals surface area contributed by atoms with Gasteiger partial charge in [0.15, 0.2) is 0 Å². The summed E-state index contributed by atoms with van der Waals surface area (Å²) in [7, 11) is 0. The van der Waals surface area contributed by atoms with Crippen molar-refractivity contribution >= 4 is 0 Å². The van der Waals surface area contributed by atoms with Gasteiger partial charge in [-0.1, -0.05) is 75.5 Å². The molecule has 1 heterocycles. The van der Waals surface area contributed by atoms with E-state index < -0.39 is 12.6 Å². The van der Waals surface area contributed by atoms with E-state index in [0.29, 0.717) is 0 Å². The summed E-state index contributed by atoms with van der Waals surface area (Å²) in [5.41, 5.74) is 0. The zero-order valence-corrected chi connectivity index (χ0v) is 14.0. The van der Waals surface area contributed by atoms with Crippen LogP contribution in [0.3, 0.4) is 0 Å². The van der Waals surface area contributed by atoms with E-state index in [1.165, 1.54) is 38.5 Å². The molecule has 1 nitrogen and oxygen atoms in total. The van der Waals surface area contributed by atoms with Crippen molar-refractivity contribution in [3.05, 3.63) is 36.5 Å². The Morgan fingerprint density at radius 3 is 2.35 bits per heavy atom. The summed E-state index contributed by atoms with van der Waals surface area (Å²) in [5.74, 6) is 0. The van der Waals surface area contributed by atoms with E-state index in [9.17, 15) is 13.2 Å². The molecule has 0 aromatic rings. The minimum absolute atomic E-state index is 0.0559. The van der Waals surface area contributed by atoms with E-state index in [2.05, 4.69) is 13.0 Å². The fourth-order valence-electron chi connectivity index (χ4n) is 2.38. The van der Waals surface area contributed by atoms with Crippen LogP contribution in [0.25, 0.3) is 0 Å². The van der Waals surface area contributed by atoms with E-state index in [4.69, 9.17) is 4.74 Å². The van der Waals surface area contributed by atoms with Crippen LogP contribution in [0, 0.1) is 0 Å². The van der Waals surface area contributed by atoms with Crippen LogP contribution in [-0.4, -0.2) is 18.4 Å². The number of hydrogen-bond donors (Lipinski definition) is 0. The lowest BCUT2D eigenvalue weighted by molar-refractivity contribution is -0.136. The van der Waals surface area contributed by atoms with Crippen LogP contribution < -0.4 is 0 Å². The van der Waals surface area contributed by atoms with Crippen molar-refractivity contribution < 1.29 is 17.9 Å². The van der Waals surface area contributed by atoms with Crippen molar-refractivity contribution in [3.63, 3.8) is 0 Å². The summed E-state index contributed by atoms with van der Waals surface area (Å²) in [6.07, 6.45) is 15.4. The van der Waals surface area contributed by atoms with Crippen molar-refractivity contribution in [2.24, 2.45) is 0 Å². The van der Waals surface area contributed by atoms with Gasteiger partial charge in [-0.25, -0.2) is 0 Å². The number of allylic oxidation sites excluding steroid dienone is 5. The Bertz CT molecular complexity index is 383. The summed E-state index contributed by atoms with van der Waals surface area (Å²) < 4.78 is 41.3. The summed E-state index contributed by atoms with van der Waals surface area (Å²) in [6, 6.07) is 0. The average Bonchev–Trinajstić information content (AvgIpc) is 3.24. The van der Waals surface area contributed by atoms with E-state index in [1.54, 1.807) is 0 Å². The first-order valence-electron chi connectivity index (χ1n) is 8.75. The molecule has 1 fully saturated rings. The Morgan fingerprint density at radius 2 is 1.61 bits per heavy atom. The molecule has 1 saturated heterocycles. The van der Waals surface area contributed by atoms with Crippen LogP contribution in [0.4, 0.5) is 13.2 Å². The van der Waals surface area contributed by atoms with Gasteiger partial charge in [0.1, 0.15) is 6.10 Å². The van der Waals surface area contributed by atoms with Gasteiger partial charge < -0.3 is 4.74 Å². The number of hydrogen-bond acceptors (Lipinski definition) is 1. The molecule has 0 bridgehead atoms. The Morgan fingerprint density at radius 1 is 0.913 bits per heavy atom. The van der Waals surface area contributed by atoms with Gasteiger partial charge >= 0.3 is 6.18 Å². The van der Waals surface area contributed by atoms with Crippen LogP contribution in [0.5, 0.6) is 0 Å². The molecule has 1 aliphatic rings. The number of epoxide rings is 1. The molecule has 0 N–H and O–H groups in total. The van der Waals surface area contributed by atoms with Crippen LogP contribution in [0.2, 0.25) is 0 Å². The number of ether oxygens (including phenoxy) is 1. The second kappa shape index (κ2) is 11.5. The molecular weight excluding hydrogens is 301 g/mol. The van der Waals surface area contributed by atoms with Gasteiger partial charge in [0.2, 0.25) is 0 Å². The molecule has 0 radical (unpaired) electrons. The lowest BCUT2D eigenvalue weighted by Crippen LogP contribution is -2.08. The molecule has 2 atom stereocenters. The quantitative estimate of drug-likeness (QED) is 0.225. The van der Waals surface area contributed by atoms with E-state index >= 15 is 0 Å². The number of alkyl halides is 3. The molecule has 132 valence electrons. The first kappa shape index (κ1) is 20.0. The number of rotatable bonds is 12.